The van der Waals surface area contributed by atoms with Gasteiger partial charge in [-0.2, -0.15) is 0 Å². The molecule has 3 rings (SSSR count). The summed E-state index contributed by atoms with van der Waals surface area (Å²) < 4.78 is 5.16. The molecule has 22 heavy (non-hydrogen) atoms. The van der Waals surface area contributed by atoms with E-state index >= 15 is 0 Å². The van der Waals surface area contributed by atoms with Gasteiger partial charge in [-0.3, -0.25) is 4.79 Å². The Kier molecular flexibility index (Phi) is 4.38. The van der Waals surface area contributed by atoms with Crippen molar-refractivity contribution in [2.75, 3.05) is 7.11 Å². The fourth-order valence-corrected chi connectivity index (χ4v) is 2.98. The maximum absolute atomic E-state index is 12.5. The van der Waals surface area contributed by atoms with Crippen LogP contribution in [0.4, 0.5) is 0 Å². The molecule has 0 bridgehead atoms. The van der Waals surface area contributed by atoms with E-state index in [2.05, 4.69) is 12.1 Å². The molecule has 0 radical (unpaired) electrons. The number of ketones is 1. The molecule has 1 atom stereocenters. The van der Waals surface area contributed by atoms with Crippen LogP contribution in [-0.4, -0.2) is 12.9 Å². The van der Waals surface area contributed by atoms with Crippen molar-refractivity contribution in [1.82, 2.24) is 0 Å². The smallest absolute Gasteiger partial charge is 0.162 e. The largest absolute Gasteiger partial charge is 0.497 e. The lowest BCUT2D eigenvalue weighted by Gasteiger charge is -2.07. The summed E-state index contributed by atoms with van der Waals surface area (Å²) in [5.41, 5.74) is 3.25. The highest BCUT2D eigenvalue weighted by Gasteiger charge is 2.28. The van der Waals surface area contributed by atoms with E-state index in [1.165, 1.54) is 5.56 Å². The van der Waals surface area contributed by atoms with Crippen LogP contribution >= 0.6 is 0 Å². The first-order chi connectivity index (χ1) is 10.8. The summed E-state index contributed by atoms with van der Waals surface area (Å²) in [7, 11) is 1.65. The number of hydrogen-bond donors (Lipinski definition) is 0. The van der Waals surface area contributed by atoms with Crippen LogP contribution in [0.3, 0.4) is 0 Å². The standard InChI is InChI=1S/C20H20O2/c1-22-19-11-7-16(8-12-19)14-18-10-9-17(20(18)21)13-15-5-3-2-4-6-15/h2-8,11-12,14,17H,9-10,13H2,1H3/b18-14-. The fraction of sp³-hybridized carbons (Fsp3) is 0.250. The molecule has 1 saturated carbocycles. The Morgan fingerprint density at radius 1 is 1.09 bits per heavy atom. The van der Waals surface area contributed by atoms with Crippen LogP contribution in [0.2, 0.25) is 0 Å². The lowest BCUT2D eigenvalue weighted by Crippen LogP contribution is -2.10. The zero-order valence-corrected chi connectivity index (χ0v) is 12.8. The van der Waals surface area contributed by atoms with Gasteiger partial charge in [0.15, 0.2) is 5.78 Å². The molecule has 0 heterocycles. The lowest BCUT2D eigenvalue weighted by molar-refractivity contribution is -0.117. The zero-order chi connectivity index (χ0) is 15.4. The molecule has 1 unspecified atom stereocenters. The van der Waals surface area contributed by atoms with Crippen molar-refractivity contribution in [1.29, 1.82) is 0 Å². The predicted molar refractivity (Wildman–Crippen MR) is 88.8 cm³/mol. The molecule has 2 heteroatoms. The first kappa shape index (κ1) is 14.6. The number of carbonyl (C=O) groups is 1. The zero-order valence-electron chi connectivity index (χ0n) is 12.8. The Labute approximate surface area is 131 Å². The number of rotatable bonds is 4. The van der Waals surface area contributed by atoms with Crippen molar-refractivity contribution < 1.29 is 9.53 Å². The molecule has 2 nitrogen and oxygen atoms in total. The molecule has 2 aromatic carbocycles. The SMILES string of the molecule is COc1ccc(/C=C2/CCC(Cc3ccccc3)C2=O)cc1. The van der Waals surface area contributed by atoms with Crippen molar-refractivity contribution in [3.05, 3.63) is 71.3 Å². The summed E-state index contributed by atoms with van der Waals surface area (Å²) in [6.45, 7) is 0. The quantitative estimate of drug-likeness (QED) is 0.785. The van der Waals surface area contributed by atoms with Crippen molar-refractivity contribution in [3.63, 3.8) is 0 Å². The van der Waals surface area contributed by atoms with Crippen LogP contribution in [0.5, 0.6) is 5.75 Å². The molecule has 0 spiro atoms. The van der Waals surface area contributed by atoms with Crippen LogP contribution in [0.1, 0.15) is 24.0 Å². The lowest BCUT2D eigenvalue weighted by atomic mass is 9.96. The van der Waals surface area contributed by atoms with Gasteiger partial charge in [-0.05, 0) is 54.2 Å². The molecular formula is C20H20O2. The molecule has 1 fully saturated rings. The number of methoxy groups -OCH3 is 1. The van der Waals surface area contributed by atoms with E-state index in [0.717, 1.165) is 36.1 Å². The third-order valence-electron chi connectivity index (χ3n) is 4.23. The minimum absolute atomic E-state index is 0.131. The van der Waals surface area contributed by atoms with Crippen molar-refractivity contribution in [2.45, 2.75) is 19.3 Å². The minimum Gasteiger partial charge on any atom is -0.497 e. The van der Waals surface area contributed by atoms with E-state index in [0.29, 0.717) is 5.78 Å². The van der Waals surface area contributed by atoms with Gasteiger partial charge in [0, 0.05) is 5.92 Å². The third kappa shape index (κ3) is 3.28. The molecule has 112 valence electrons. The summed E-state index contributed by atoms with van der Waals surface area (Å²) in [5.74, 6) is 1.27. The normalized spacial score (nSPS) is 19.6. The van der Waals surface area contributed by atoms with Crippen LogP contribution in [-0.2, 0) is 11.2 Å². The Hall–Kier alpha value is -2.35. The average molecular weight is 292 g/mol. The summed E-state index contributed by atoms with van der Waals surface area (Å²) in [6.07, 6.45) is 4.70. The molecule has 0 aliphatic heterocycles. The van der Waals surface area contributed by atoms with Gasteiger partial charge in [0.2, 0.25) is 0 Å². The first-order valence-corrected chi connectivity index (χ1v) is 7.69. The highest BCUT2D eigenvalue weighted by atomic mass is 16.5. The highest BCUT2D eigenvalue weighted by molar-refractivity contribution is 6.03. The Bertz CT molecular complexity index is 669. The maximum atomic E-state index is 12.5. The number of carbonyl (C=O) groups excluding carboxylic acids is 1. The fourth-order valence-electron chi connectivity index (χ4n) is 2.98. The number of Topliss-reactive ketones (excluding diaryl/α,β-unsaturated/α-hetero) is 1. The van der Waals surface area contributed by atoms with Gasteiger partial charge in [0.05, 0.1) is 7.11 Å². The topological polar surface area (TPSA) is 26.3 Å². The van der Waals surface area contributed by atoms with Crippen LogP contribution in [0, 0.1) is 5.92 Å². The van der Waals surface area contributed by atoms with Crippen molar-refractivity contribution >= 4 is 11.9 Å². The Morgan fingerprint density at radius 2 is 1.82 bits per heavy atom. The Morgan fingerprint density at radius 3 is 2.50 bits per heavy atom. The first-order valence-electron chi connectivity index (χ1n) is 7.69. The molecular weight excluding hydrogens is 272 g/mol. The monoisotopic (exact) mass is 292 g/mol. The van der Waals surface area contributed by atoms with Crippen LogP contribution in [0.15, 0.2) is 60.2 Å². The molecule has 0 amide bonds. The van der Waals surface area contributed by atoms with E-state index in [1.54, 1.807) is 7.11 Å². The summed E-state index contributed by atoms with van der Waals surface area (Å²) in [5, 5.41) is 0. The van der Waals surface area contributed by atoms with Gasteiger partial charge in [0.25, 0.3) is 0 Å². The molecule has 0 N–H and O–H groups in total. The second-order valence-corrected chi connectivity index (χ2v) is 5.73. The third-order valence-corrected chi connectivity index (χ3v) is 4.23. The van der Waals surface area contributed by atoms with E-state index in [-0.39, 0.29) is 5.92 Å². The summed E-state index contributed by atoms with van der Waals surface area (Å²) in [4.78, 5) is 12.5. The molecule has 0 saturated heterocycles. The predicted octanol–water partition coefficient (Wildman–Crippen LogP) is 4.30. The molecule has 1 aliphatic rings. The van der Waals surface area contributed by atoms with Gasteiger partial charge in [-0.25, -0.2) is 0 Å². The van der Waals surface area contributed by atoms with Crippen molar-refractivity contribution in [2.24, 2.45) is 5.92 Å². The van der Waals surface area contributed by atoms with Crippen LogP contribution in [0.25, 0.3) is 6.08 Å². The summed E-state index contributed by atoms with van der Waals surface area (Å²) in [6, 6.07) is 18.1. The highest BCUT2D eigenvalue weighted by Crippen LogP contribution is 2.31. The number of benzene rings is 2. The Balaban J connectivity index is 1.71. The minimum atomic E-state index is 0.131. The molecule has 0 aromatic heterocycles. The molecule has 1 aliphatic carbocycles. The maximum Gasteiger partial charge on any atom is 0.162 e. The van der Waals surface area contributed by atoms with Gasteiger partial charge in [0.1, 0.15) is 5.75 Å². The molecule has 2 aromatic rings. The number of ether oxygens (including phenoxy) is 1. The van der Waals surface area contributed by atoms with E-state index in [9.17, 15) is 4.79 Å². The van der Waals surface area contributed by atoms with E-state index in [1.807, 2.05) is 48.5 Å². The summed E-state index contributed by atoms with van der Waals surface area (Å²) >= 11 is 0. The van der Waals surface area contributed by atoms with Gasteiger partial charge in [-0.1, -0.05) is 42.5 Å². The van der Waals surface area contributed by atoms with E-state index in [4.69, 9.17) is 4.74 Å². The van der Waals surface area contributed by atoms with Gasteiger partial charge in [-0.15, -0.1) is 0 Å². The van der Waals surface area contributed by atoms with Gasteiger partial charge < -0.3 is 4.74 Å². The second kappa shape index (κ2) is 6.61. The van der Waals surface area contributed by atoms with E-state index < -0.39 is 0 Å². The van der Waals surface area contributed by atoms with Crippen LogP contribution < -0.4 is 4.74 Å². The number of hydrogen-bond acceptors (Lipinski definition) is 2. The van der Waals surface area contributed by atoms with Crippen molar-refractivity contribution in [3.8, 4) is 5.75 Å². The van der Waals surface area contributed by atoms with Gasteiger partial charge >= 0.3 is 0 Å². The second-order valence-electron chi connectivity index (χ2n) is 5.73. The average Bonchev–Trinajstić information content (AvgIpc) is 2.90. The number of allylic oxidation sites excluding steroid dienone is 1.